The molecule has 0 N–H and O–H groups in total. The third-order valence-electron chi connectivity index (χ3n) is 2.94. The molecule has 1 aliphatic rings. The van der Waals surface area contributed by atoms with E-state index >= 15 is 0 Å². The van der Waals surface area contributed by atoms with E-state index in [0.717, 1.165) is 17.9 Å². The van der Waals surface area contributed by atoms with E-state index in [1.807, 2.05) is 13.0 Å². The van der Waals surface area contributed by atoms with E-state index in [9.17, 15) is 8.42 Å². The van der Waals surface area contributed by atoms with E-state index in [4.69, 9.17) is 9.47 Å². The fraction of sp³-hybridized carbons (Fsp3) is 0.538. The largest absolute Gasteiger partial charge is 0.498 e. The first-order chi connectivity index (χ1) is 8.38. The van der Waals surface area contributed by atoms with Crippen molar-refractivity contribution >= 4 is 9.84 Å². The zero-order chi connectivity index (χ0) is 13.8. The Morgan fingerprint density at radius 2 is 2.06 bits per heavy atom. The van der Waals surface area contributed by atoms with Gasteiger partial charge in [-0.2, -0.15) is 0 Å². The number of ether oxygens (including phenoxy) is 2. The first-order valence-corrected chi connectivity index (χ1v) is 7.63. The van der Waals surface area contributed by atoms with E-state index < -0.39 is 9.84 Å². The summed E-state index contributed by atoms with van der Waals surface area (Å²) in [6.45, 7) is 1.83. The lowest BCUT2D eigenvalue weighted by Gasteiger charge is -2.18. The Balaban J connectivity index is 2.88. The second-order valence-electron chi connectivity index (χ2n) is 4.33. The molecule has 0 radical (unpaired) electrons. The molecular weight excluding hydrogens is 252 g/mol. The Bertz CT molecular complexity index is 483. The topological polar surface area (TPSA) is 52.6 Å². The van der Waals surface area contributed by atoms with Crippen molar-refractivity contribution in [3.05, 3.63) is 34.7 Å². The Kier molecular flexibility index (Phi) is 5.02. The van der Waals surface area contributed by atoms with Gasteiger partial charge >= 0.3 is 0 Å². The predicted octanol–water partition coefficient (Wildman–Crippen LogP) is 2.41. The van der Waals surface area contributed by atoms with Crippen molar-refractivity contribution in [3.63, 3.8) is 0 Å². The number of hydrogen-bond donors (Lipinski definition) is 0. The Morgan fingerprint density at radius 1 is 1.39 bits per heavy atom. The smallest absolute Gasteiger partial charge is 0.175 e. The average Bonchev–Trinajstić information content (AvgIpc) is 2.34. The molecule has 0 spiro atoms. The van der Waals surface area contributed by atoms with E-state index in [1.54, 1.807) is 26.4 Å². The van der Waals surface area contributed by atoms with E-state index in [1.165, 1.54) is 6.26 Å². The predicted molar refractivity (Wildman–Crippen MR) is 71.5 cm³/mol. The van der Waals surface area contributed by atoms with Crippen molar-refractivity contribution in [2.75, 3.05) is 20.5 Å². The maximum absolute atomic E-state index is 11.5. The molecule has 102 valence electrons. The van der Waals surface area contributed by atoms with Crippen LogP contribution < -0.4 is 0 Å². The molecule has 0 aromatic heterocycles. The van der Waals surface area contributed by atoms with E-state index in [0.29, 0.717) is 11.3 Å². The molecule has 5 heteroatoms. The van der Waals surface area contributed by atoms with Crippen molar-refractivity contribution in [2.24, 2.45) is 5.92 Å². The van der Waals surface area contributed by atoms with Gasteiger partial charge in [-0.1, -0.05) is 12.2 Å². The van der Waals surface area contributed by atoms with Gasteiger partial charge in [0.2, 0.25) is 0 Å². The van der Waals surface area contributed by atoms with Gasteiger partial charge in [-0.15, -0.1) is 0 Å². The van der Waals surface area contributed by atoms with Gasteiger partial charge in [0.15, 0.2) is 9.84 Å². The Labute approximate surface area is 109 Å². The highest BCUT2D eigenvalue weighted by Gasteiger charge is 2.18. The quantitative estimate of drug-likeness (QED) is 0.721. The van der Waals surface area contributed by atoms with Gasteiger partial charge in [0.25, 0.3) is 0 Å². The minimum atomic E-state index is -3.14. The van der Waals surface area contributed by atoms with Crippen LogP contribution in [-0.2, 0) is 19.3 Å². The van der Waals surface area contributed by atoms with Crippen LogP contribution in [0.1, 0.15) is 19.8 Å². The highest BCUT2D eigenvalue weighted by Crippen LogP contribution is 2.27. The monoisotopic (exact) mass is 272 g/mol. The standard InChI is InChI=1S/C13H20O4S/c1-10(16-2)13(17-3)9-11-6-5-7-12(8-11)18(4,14)15/h5,7-8,11H,6,9H2,1-4H3/b13-10-. The summed E-state index contributed by atoms with van der Waals surface area (Å²) in [5, 5.41) is 0. The minimum Gasteiger partial charge on any atom is -0.498 e. The molecule has 1 aliphatic carbocycles. The summed E-state index contributed by atoms with van der Waals surface area (Å²) in [6.07, 6.45) is 8.00. The van der Waals surface area contributed by atoms with Gasteiger partial charge in [-0.05, 0) is 25.3 Å². The lowest BCUT2D eigenvalue weighted by molar-refractivity contribution is 0.207. The molecule has 0 bridgehead atoms. The SMILES string of the molecule is CO/C(C)=C(/CC1C=C(S(C)(=O)=O)C=CC1)OC. The fourth-order valence-electron chi connectivity index (χ4n) is 1.83. The summed E-state index contributed by atoms with van der Waals surface area (Å²) >= 11 is 0. The highest BCUT2D eigenvalue weighted by molar-refractivity contribution is 7.94. The molecular formula is C13H20O4S. The third kappa shape index (κ3) is 3.91. The van der Waals surface area contributed by atoms with Crippen LogP contribution in [0.4, 0.5) is 0 Å². The molecule has 1 atom stereocenters. The summed E-state index contributed by atoms with van der Waals surface area (Å²) in [4.78, 5) is 0.379. The maximum Gasteiger partial charge on any atom is 0.175 e. The summed E-state index contributed by atoms with van der Waals surface area (Å²) in [7, 11) is 0.0442. The van der Waals surface area contributed by atoms with Gasteiger partial charge in [0.1, 0.15) is 11.5 Å². The molecule has 0 aromatic carbocycles. The van der Waals surface area contributed by atoms with E-state index in [-0.39, 0.29) is 5.92 Å². The van der Waals surface area contributed by atoms with Crippen molar-refractivity contribution in [1.82, 2.24) is 0 Å². The zero-order valence-electron chi connectivity index (χ0n) is 11.3. The Hall–Kier alpha value is -1.23. The molecule has 0 aromatic rings. The van der Waals surface area contributed by atoms with Crippen molar-refractivity contribution in [1.29, 1.82) is 0 Å². The fourth-order valence-corrected chi connectivity index (χ4v) is 2.61. The first kappa shape index (κ1) is 14.8. The molecule has 0 fully saturated rings. The summed E-state index contributed by atoms with van der Waals surface area (Å²) in [5.41, 5.74) is 0. The normalized spacial score (nSPS) is 21.1. The lowest BCUT2D eigenvalue weighted by Crippen LogP contribution is -2.09. The van der Waals surface area contributed by atoms with Gasteiger partial charge < -0.3 is 9.47 Å². The van der Waals surface area contributed by atoms with Gasteiger partial charge in [0.05, 0.1) is 19.1 Å². The van der Waals surface area contributed by atoms with Crippen LogP contribution in [0.3, 0.4) is 0 Å². The molecule has 18 heavy (non-hydrogen) atoms. The molecule has 0 saturated heterocycles. The van der Waals surface area contributed by atoms with Gasteiger partial charge in [-0.25, -0.2) is 8.42 Å². The van der Waals surface area contributed by atoms with Gasteiger partial charge in [-0.3, -0.25) is 0 Å². The van der Waals surface area contributed by atoms with Crippen LogP contribution in [0.2, 0.25) is 0 Å². The number of allylic oxidation sites excluding steroid dienone is 5. The first-order valence-electron chi connectivity index (χ1n) is 5.74. The number of methoxy groups -OCH3 is 2. The van der Waals surface area contributed by atoms with Gasteiger partial charge in [0, 0.05) is 12.7 Å². The molecule has 0 heterocycles. The van der Waals surface area contributed by atoms with Crippen molar-refractivity contribution in [3.8, 4) is 0 Å². The molecule has 4 nitrogen and oxygen atoms in total. The summed E-state index contributed by atoms with van der Waals surface area (Å²) in [6, 6.07) is 0. The Morgan fingerprint density at radius 3 is 2.56 bits per heavy atom. The minimum absolute atomic E-state index is 0.125. The molecule has 0 saturated carbocycles. The van der Waals surface area contributed by atoms with Crippen LogP contribution in [0.5, 0.6) is 0 Å². The zero-order valence-corrected chi connectivity index (χ0v) is 12.1. The molecule has 1 rings (SSSR count). The van der Waals surface area contributed by atoms with Crippen molar-refractivity contribution < 1.29 is 17.9 Å². The van der Waals surface area contributed by atoms with Crippen LogP contribution in [0.15, 0.2) is 34.7 Å². The van der Waals surface area contributed by atoms with Crippen LogP contribution >= 0.6 is 0 Å². The molecule has 1 unspecified atom stereocenters. The third-order valence-corrected chi connectivity index (χ3v) is 4.07. The van der Waals surface area contributed by atoms with Crippen LogP contribution in [0.25, 0.3) is 0 Å². The second kappa shape index (κ2) is 6.09. The molecule has 0 amide bonds. The summed E-state index contributed by atoms with van der Waals surface area (Å²) < 4.78 is 33.4. The highest BCUT2D eigenvalue weighted by atomic mass is 32.2. The second-order valence-corrected chi connectivity index (χ2v) is 6.35. The maximum atomic E-state index is 11.5. The number of rotatable bonds is 5. The van der Waals surface area contributed by atoms with Crippen LogP contribution in [-0.4, -0.2) is 28.9 Å². The number of sulfone groups is 1. The average molecular weight is 272 g/mol. The van der Waals surface area contributed by atoms with Crippen LogP contribution in [0, 0.1) is 5.92 Å². The van der Waals surface area contributed by atoms with Crippen molar-refractivity contribution in [2.45, 2.75) is 19.8 Å². The van der Waals surface area contributed by atoms with E-state index in [2.05, 4.69) is 0 Å². The lowest BCUT2D eigenvalue weighted by atomic mass is 9.96. The number of hydrogen-bond acceptors (Lipinski definition) is 4. The summed E-state index contributed by atoms with van der Waals surface area (Å²) in [5.74, 6) is 1.60. The molecule has 0 aliphatic heterocycles.